The summed E-state index contributed by atoms with van der Waals surface area (Å²) in [6.07, 6.45) is 1.36. The van der Waals surface area contributed by atoms with E-state index in [1.165, 1.54) is 18.5 Å². The fourth-order valence-corrected chi connectivity index (χ4v) is 4.53. The van der Waals surface area contributed by atoms with Crippen LogP contribution in [0.4, 0.5) is 0 Å². The third-order valence-electron chi connectivity index (χ3n) is 6.21. The van der Waals surface area contributed by atoms with Crippen LogP contribution in [0.5, 0.6) is 0 Å². The molecule has 178 valence electrons. The van der Waals surface area contributed by atoms with Gasteiger partial charge in [0.2, 0.25) is 0 Å². The topological polar surface area (TPSA) is 64.4 Å². The molecule has 4 rings (SSSR count). The molecule has 6 heteroatoms. The third kappa shape index (κ3) is 4.95. The van der Waals surface area contributed by atoms with Crippen molar-refractivity contribution in [1.82, 2.24) is 9.55 Å². The number of aliphatic carboxylic acids is 1. The van der Waals surface area contributed by atoms with Crippen LogP contribution in [0.3, 0.4) is 0 Å². The minimum absolute atomic E-state index is 0. The Labute approximate surface area is 201 Å². The highest BCUT2D eigenvalue weighted by Gasteiger charge is 2.34. The molecule has 3 aromatic rings. The van der Waals surface area contributed by atoms with Crippen LogP contribution in [0.2, 0.25) is 5.02 Å². The van der Waals surface area contributed by atoms with Gasteiger partial charge in [-0.15, -0.1) is 0 Å². The maximum absolute atomic E-state index is 12.4. The first-order valence-corrected chi connectivity index (χ1v) is 11.5. The first-order chi connectivity index (χ1) is 15.0. The molecule has 0 amide bonds. The highest BCUT2D eigenvalue weighted by atomic mass is 35.5. The molecular formula is C27H35ClN2O3. The number of pyridine rings is 1. The summed E-state index contributed by atoms with van der Waals surface area (Å²) in [5, 5.41) is 11.8. The molecule has 1 fully saturated rings. The van der Waals surface area contributed by atoms with Crippen LogP contribution in [-0.2, 0) is 16.1 Å². The van der Waals surface area contributed by atoms with Crippen molar-refractivity contribution >= 4 is 28.6 Å². The Morgan fingerprint density at radius 1 is 1.21 bits per heavy atom. The van der Waals surface area contributed by atoms with Crippen LogP contribution in [0.15, 0.2) is 24.3 Å². The van der Waals surface area contributed by atoms with E-state index in [0.717, 1.165) is 34.3 Å². The zero-order valence-electron chi connectivity index (χ0n) is 19.6. The average Bonchev–Trinajstić information content (AvgIpc) is 3.49. The molecule has 2 heterocycles. The van der Waals surface area contributed by atoms with E-state index in [-0.39, 0.29) is 7.43 Å². The van der Waals surface area contributed by atoms with E-state index in [1.54, 1.807) is 0 Å². The van der Waals surface area contributed by atoms with Crippen molar-refractivity contribution in [2.24, 2.45) is 5.92 Å². The molecule has 5 nitrogen and oxygen atoms in total. The summed E-state index contributed by atoms with van der Waals surface area (Å²) in [7, 11) is 0. The third-order valence-corrected chi connectivity index (χ3v) is 6.47. The monoisotopic (exact) mass is 470 g/mol. The van der Waals surface area contributed by atoms with E-state index in [2.05, 4.69) is 18.4 Å². The van der Waals surface area contributed by atoms with Crippen LogP contribution in [-0.4, -0.2) is 26.2 Å². The van der Waals surface area contributed by atoms with Gasteiger partial charge in [-0.2, -0.15) is 0 Å². The normalized spacial score (nSPS) is 14.9. The molecule has 1 N–H and O–H groups in total. The Balaban J connectivity index is 0.00000306. The summed E-state index contributed by atoms with van der Waals surface area (Å²) in [6, 6.07) is 7.57. The lowest BCUT2D eigenvalue weighted by molar-refractivity contribution is -0.160. The van der Waals surface area contributed by atoms with E-state index >= 15 is 0 Å². The SMILES string of the molecule is C.Cc1nc2c(c(C)c(C)n2CC2CC2)c(-c2ccc(Cl)cc2)c1C(OC(C)(C)C)C(=O)O. The van der Waals surface area contributed by atoms with Crippen molar-refractivity contribution in [2.75, 3.05) is 0 Å². The van der Waals surface area contributed by atoms with Gasteiger partial charge in [0.05, 0.1) is 5.60 Å². The van der Waals surface area contributed by atoms with Crippen LogP contribution >= 0.6 is 11.6 Å². The Kier molecular flexibility index (Phi) is 6.97. The number of nitrogens with zero attached hydrogens (tertiary/aromatic N) is 2. The maximum atomic E-state index is 12.4. The lowest BCUT2D eigenvalue weighted by atomic mass is 9.91. The summed E-state index contributed by atoms with van der Waals surface area (Å²) in [6.45, 7) is 12.7. The molecule has 1 atom stereocenters. The second kappa shape index (κ2) is 9.11. The van der Waals surface area contributed by atoms with Crippen molar-refractivity contribution in [2.45, 2.75) is 80.1 Å². The Morgan fingerprint density at radius 2 is 1.82 bits per heavy atom. The number of carboxylic acids is 1. The summed E-state index contributed by atoms with van der Waals surface area (Å²) in [5.74, 6) is -0.327. The lowest BCUT2D eigenvalue weighted by Gasteiger charge is -2.28. The van der Waals surface area contributed by atoms with Crippen LogP contribution in [0.25, 0.3) is 22.2 Å². The molecule has 0 spiro atoms. The zero-order chi connectivity index (χ0) is 23.4. The highest BCUT2D eigenvalue weighted by Crippen LogP contribution is 2.43. The molecule has 1 aliphatic rings. The van der Waals surface area contributed by atoms with E-state index in [4.69, 9.17) is 21.3 Å². The number of aromatic nitrogens is 2. The number of fused-ring (bicyclic) bond motifs is 1. The summed E-state index contributed by atoms with van der Waals surface area (Å²) in [5.41, 5.74) is 5.64. The van der Waals surface area contributed by atoms with Crippen LogP contribution < -0.4 is 0 Å². The molecule has 1 unspecified atom stereocenters. The molecule has 1 aromatic carbocycles. The number of benzene rings is 1. The van der Waals surface area contributed by atoms with Crippen LogP contribution in [0, 0.1) is 26.7 Å². The molecule has 0 radical (unpaired) electrons. The Hall–Kier alpha value is -2.37. The number of rotatable bonds is 6. The van der Waals surface area contributed by atoms with Crippen molar-refractivity contribution < 1.29 is 14.6 Å². The molecule has 33 heavy (non-hydrogen) atoms. The Bertz CT molecular complexity index is 1190. The first kappa shape index (κ1) is 25.3. The van der Waals surface area contributed by atoms with Gasteiger partial charge >= 0.3 is 5.97 Å². The van der Waals surface area contributed by atoms with Gasteiger partial charge in [0.25, 0.3) is 0 Å². The molecule has 2 aromatic heterocycles. The molecule has 1 aliphatic carbocycles. The minimum Gasteiger partial charge on any atom is -0.479 e. The predicted molar refractivity (Wildman–Crippen MR) is 135 cm³/mol. The summed E-state index contributed by atoms with van der Waals surface area (Å²) >= 11 is 6.18. The van der Waals surface area contributed by atoms with Crippen molar-refractivity contribution in [3.05, 3.63) is 51.8 Å². The number of aryl methyl sites for hydroxylation is 2. The van der Waals surface area contributed by atoms with Gasteiger partial charge in [0, 0.05) is 39.5 Å². The predicted octanol–water partition coefficient (Wildman–Crippen LogP) is 7.27. The fraction of sp³-hybridized carbons (Fsp3) is 0.481. The van der Waals surface area contributed by atoms with E-state index in [9.17, 15) is 9.90 Å². The van der Waals surface area contributed by atoms with E-state index in [1.807, 2.05) is 52.0 Å². The van der Waals surface area contributed by atoms with Crippen molar-refractivity contribution in [3.63, 3.8) is 0 Å². The van der Waals surface area contributed by atoms with Gasteiger partial charge in [-0.1, -0.05) is 31.2 Å². The lowest BCUT2D eigenvalue weighted by Crippen LogP contribution is -2.28. The number of carboxylic acid groups (broad SMARTS) is 1. The number of carbonyl (C=O) groups is 1. The van der Waals surface area contributed by atoms with Crippen molar-refractivity contribution in [1.29, 1.82) is 0 Å². The van der Waals surface area contributed by atoms with Gasteiger partial charge in [0.1, 0.15) is 5.65 Å². The number of hydrogen-bond donors (Lipinski definition) is 1. The number of ether oxygens (including phenoxy) is 1. The molecular weight excluding hydrogens is 436 g/mol. The number of hydrogen-bond acceptors (Lipinski definition) is 3. The molecule has 0 aliphatic heterocycles. The summed E-state index contributed by atoms with van der Waals surface area (Å²) in [4.78, 5) is 17.4. The van der Waals surface area contributed by atoms with E-state index in [0.29, 0.717) is 22.2 Å². The zero-order valence-corrected chi connectivity index (χ0v) is 20.4. The van der Waals surface area contributed by atoms with Crippen molar-refractivity contribution in [3.8, 4) is 11.1 Å². The number of halogens is 1. The maximum Gasteiger partial charge on any atom is 0.337 e. The second-order valence-electron chi connectivity index (χ2n) is 9.90. The molecule has 1 saturated carbocycles. The largest absolute Gasteiger partial charge is 0.479 e. The average molecular weight is 471 g/mol. The standard InChI is InChI=1S/C26H31ClN2O3.CH4/c1-14-16(3)29(13-17-7-8-17)24-20(14)22(18-9-11-19(27)12-10-18)21(15(2)28-24)23(25(30)31)32-26(4,5)6;/h9-12,17,23H,7-8,13H2,1-6H3,(H,30,31);1H4. The molecule has 0 saturated heterocycles. The second-order valence-corrected chi connectivity index (χ2v) is 10.3. The first-order valence-electron chi connectivity index (χ1n) is 11.1. The van der Waals surface area contributed by atoms with Gasteiger partial charge in [-0.3, -0.25) is 0 Å². The van der Waals surface area contributed by atoms with Crippen LogP contribution in [0.1, 0.15) is 69.7 Å². The van der Waals surface area contributed by atoms with Gasteiger partial charge < -0.3 is 14.4 Å². The quantitative estimate of drug-likeness (QED) is 0.411. The van der Waals surface area contributed by atoms with E-state index < -0.39 is 17.7 Å². The fourth-order valence-electron chi connectivity index (χ4n) is 4.40. The molecule has 0 bridgehead atoms. The van der Waals surface area contributed by atoms with Gasteiger partial charge in [-0.05, 0) is 83.6 Å². The highest BCUT2D eigenvalue weighted by molar-refractivity contribution is 6.30. The van der Waals surface area contributed by atoms with Gasteiger partial charge in [0.15, 0.2) is 6.10 Å². The van der Waals surface area contributed by atoms with Gasteiger partial charge in [-0.25, -0.2) is 9.78 Å². The smallest absolute Gasteiger partial charge is 0.337 e. The minimum atomic E-state index is -1.14. The summed E-state index contributed by atoms with van der Waals surface area (Å²) < 4.78 is 8.38. The Morgan fingerprint density at radius 3 is 2.33 bits per heavy atom.